The number of likely N-dealkylation sites (tertiary alicyclic amines) is 1. The predicted octanol–water partition coefficient (Wildman–Crippen LogP) is 3.74. The number of hydrogen-bond acceptors (Lipinski definition) is 6. The number of rotatable bonds is 6. The molecule has 3 aromatic rings. The standard InChI is InChI=1S/C25H25N3O4/c1-31-20-9-10-23(32-2)21(14-20)24(29)17-5-7-18(8-6-17)25(30)28-13-3-4-19(15-28)22-11-12-26-16-27-22/h5-12,14,16,19H,3-4,13,15H2,1-2H3. The fourth-order valence-electron chi connectivity index (χ4n) is 4.04. The van der Waals surface area contributed by atoms with Gasteiger partial charge in [0.25, 0.3) is 5.91 Å². The van der Waals surface area contributed by atoms with Gasteiger partial charge in [-0.3, -0.25) is 9.59 Å². The van der Waals surface area contributed by atoms with E-state index in [1.165, 1.54) is 7.11 Å². The highest BCUT2D eigenvalue weighted by Crippen LogP contribution is 2.28. The van der Waals surface area contributed by atoms with E-state index in [0.717, 1.165) is 18.5 Å². The van der Waals surface area contributed by atoms with E-state index in [1.807, 2.05) is 11.0 Å². The first-order chi connectivity index (χ1) is 15.6. The van der Waals surface area contributed by atoms with Crippen molar-refractivity contribution in [2.75, 3.05) is 27.3 Å². The summed E-state index contributed by atoms with van der Waals surface area (Å²) in [4.78, 5) is 36.3. The summed E-state index contributed by atoms with van der Waals surface area (Å²) in [6.07, 6.45) is 5.20. The van der Waals surface area contributed by atoms with Gasteiger partial charge in [0.15, 0.2) is 5.78 Å². The molecule has 0 bridgehead atoms. The molecule has 164 valence electrons. The summed E-state index contributed by atoms with van der Waals surface area (Å²) < 4.78 is 10.6. The number of amides is 1. The van der Waals surface area contributed by atoms with Crippen molar-refractivity contribution in [2.24, 2.45) is 0 Å². The zero-order chi connectivity index (χ0) is 22.5. The van der Waals surface area contributed by atoms with Crippen LogP contribution >= 0.6 is 0 Å². The minimum Gasteiger partial charge on any atom is -0.497 e. The van der Waals surface area contributed by atoms with Gasteiger partial charge in [-0.25, -0.2) is 9.97 Å². The third-order valence-electron chi connectivity index (χ3n) is 5.78. The van der Waals surface area contributed by atoms with E-state index in [0.29, 0.717) is 41.3 Å². The Morgan fingerprint density at radius 3 is 2.47 bits per heavy atom. The molecule has 0 N–H and O–H groups in total. The van der Waals surface area contributed by atoms with Crippen molar-refractivity contribution >= 4 is 11.7 Å². The minimum absolute atomic E-state index is 0.0401. The van der Waals surface area contributed by atoms with E-state index < -0.39 is 0 Å². The van der Waals surface area contributed by atoms with Crippen LogP contribution in [0.4, 0.5) is 0 Å². The van der Waals surface area contributed by atoms with E-state index in [2.05, 4.69) is 9.97 Å². The SMILES string of the molecule is COc1ccc(OC)c(C(=O)c2ccc(C(=O)N3CCCC(c4ccncn4)C3)cc2)c1. The van der Waals surface area contributed by atoms with Gasteiger partial charge in [0.2, 0.25) is 0 Å². The van der Waals surface area contributed by atoms with Crippen LogP contribution in [-0.2, 0) is 0 Å². The number of carbonyl (C=O) groups excluding carboxylic acids is 2. The quantitative estimate of drug-likeness (QED) is 0.553. The fourth-order valence-corrected chi connectivity index (χ4v) is 4.04. The van der Waals surface area contributed by atoms with Crippen molar-refractivity contribution in [3.05, 3.63) is 83.4 Å². The van der Waals surface area contributed by atoms with E-state index in [9.17, 15) is 9.59 Å². The maximum atomic E-state index is 13.1. The highest BCUT2D eigenvalue weighted by molar-refractivity contribution is 6.11. The Morgan fingerprint density at radius 2 is 1.78 bits per heavy atom. The van der Waals surface area contributed by atoms with Gasteiger partial charge >= 0.3 is 0 Å². The number of piperidine rings is 1. The number of ether oxygens (including phenoxy) is 2. The number of methoxy groups -OCH3 is 2. The lowest BCUT2D eigenvalue weighted by molar-refractivity contribution is 0.0705. The maximum absolute atomic E-state index is 13.1. The number of benzene rings is 2. The summed E-state index contributed by atoms with van der Waals surface area (Å²) in [6.45, 7) is 1.33. The molecule has 0 spiro atoms. The van der Waals surface area contributed by atoms with Crippen molar-refractivity contribution in [1.82, 2.24) is 14.9 Å². The first-order valence-corrected chi connectivity index (χ1v) is 10.5. The summed E-state index contributed by atoms with van der Waals surface area (Å²) in [7, 11) is 3.07. The molecule has 0 saturated carbocycles. The summed E-state index contributed by atoms with van der Waals surface area (Å²) in [5, 5.41) is 0. The molecule has 1 atom stereocenters. The van der Waals surface area contributed by atoms with Crippen LogP contribution in [-0.4, -0.2) is 53.9 Å². The predicted molar refractivity (Wildman–Crippen MR) is 119 cm³/mol. The number of aromatic nitrogens is 2. The highest BCUT2D eigenvalue weighted by Gasteiger charge is 2.26. The monoisotopic (exact) mass is 431 g/mol. The molecule has 1 aliphatic heterocycles. The van der Waals surface area contributed by atoms with Gasteiger partial charge < -0.3 is 14.4 Å². The third-order valence-corrected chi connectivity index (χ3v) is 5.78. The molecule has 1 fully saturated rings. The lowest BCUT2D eigenvalue weighted by atomic mass is 9.94. The smallest absolute Gasteiger partial charge is 0.253 e. The van der Waals surface area contributed by atoms with Crippen LogP contribution in [0.25, 0.3) is 0 Å². The molecule has 1 unspecified atom stereocenters. The molecule has 32 heavy (non-hydrogen) atoms. The molecule has 1 saturated heterocycles. The lowest BCUT2D eigenvalue weighted by Crippen LogP contribution is -2.39. The van der Waals surface area contributed by atoms with E-state index in [-0.39, 0.29) is 17.6 Å². The van der Waals surface area contributed by atoms with Crippen LogP contribution in [0.1, 0.15) is 50.7 Å². The van der Waals surface area contributed by atoms with Crippen molar-refractivity contribution in [1.29, 1.82) is 0 Å². The van der Waals surface area contributed by atoms with Gasteiger partial charge in [-0.05, 0) is 49.2 Å². The summed E-state index contributed by atoms with van der Waals surface area (Å²) in [5.74, 6) is 1.02. The molecule has 7 heteroatoms. The fraction of sp³-hybridized carbons (Fsp3) is 0.280. The van der Waals surface area contributed by atoms with Gasteiger partial charge in [-0.1, -0.05) is 12.1 Å². The number of nitrogens with zero attached hydrogens (tertiary/aromatic N) is 3. The van der Waals surface area contributed by atoms with Crippen molar-refractivity contribution in [3.8, 4) is 11.5 Å². The molecular weight excluding hydrogens is 406 g/mol. The average Bonchev–Trinajstić information content (AvgIpc) is 2.88. The van der Waals surface area contributed by atoms with Crippen LogP contribution in [0, 0.1) is 0 Å². The Kier molecular flexibility index (Phi) is 6.44. The van der Waals surface area contributed by atoms with Crippen molar-refractivity contribution < 1.29 is 19.1 Å². The minimum atomic E-state index is -0.193. The maximum Gasteiger partial charge on any atom is 0.253 e. The van der Waals surface area contributed by atoms with Crippen LogP contribution in [0.15, 0.2) is 61.1 Å². The Bertz CT molecular complexity index is 1100. The molecule has 2 aromatic carbocycles. The van der Waals surface area contributed by atoms with Gasteiger partial charge in [0.05, 0.1) is 19.8 Å². The summed E-state index contributed by atoms with van der Waals surface area (Å²) in [6, 6.07) is 13.8. The molecule has 1 aliphatic rings. The number of hydrogen-bond donors (Lipinski definition) is 0. The van der Waals surface area contributed by atoms with Crippen LogP contribution in [0.3, 0.4) is 0 Å². The second kappa shape index (κ2) is 9.60. The number of carbonyl (C=O) groups is 2. The van der Waals surface area contributed by atoms with Crippen LogP contribution in [0.5, 0.6) is 11.5 Å². The van der Waals surface area contributed by atoms with E-state index in [1.54, 1.807) is 62.1 Å². The largest absolute Gasteiger partial charge is 0.497 e. The molecule has 0 radical (unpaired) electrons. The van der Waals surface area contributed by atoms with Gasteiger partial charge in [0, 0.05) is 42.0 Å². The molecule has 1 amide bonds. The van der Waals surface area contributed by atoms with Crippen molar-refractivity contribution in [2.45, 2.75) is 18.8 Å². The third kappa shape index (κ3) is 4.46. The second-order valence-electron chi connectivity index (χ2n) is 7.70. The number of ketones is 1. The van der Waals surface area contributed by atoms with Crippen LogP contribution < -0.4 is 9.47 Å². The zero-order valence-corrected chi connectivity index (χ0v) is 18.2. The Hall–Kier alpha value is -3.74. The first-order valence-electron chi connectivity index (χ1n) is 10.5. The summed E-state index contributed by atoms with van der Waals surface area (Å²) >= 11 is 0. The van der Waals surface area contributed by atoms with Crippen molar-refractivity contribution in [3.63, 3.8) is 0 Å². The second-order valence-corrected chi connectivity index (χ2v) is 7.70. The van der Waals surface area contributed by atoms with Gasteiger partial charge in [-0.2, -0.15) is 0 Å². The van der Waals surface area contributed by atoms with Gasteiger partial charge in [0.1, 0.15) is 17.8 Å². The van der Waals surface area contributed by atoms with Gasteiger partial charge in [-0.15, -0.1) is 0 Å². The average molecular weight is 431 g/mol. The van der Waals surface area contributed by atoms with E-state index in [4.69, 9.17) is 9.47 Å². The Morgan fingerprint density at radius 1 is 1.00 bits per heavy atom. The van der Waals surface area contributed by atoms with Crippen LogP contribution in [0.2, 0.25) is 0 Å². The molecule has 1 aromatic heterocycles. The molecule has 7 nitrogen and oxygen atoms in total. The molecule has 0 aliphatic carbocycles. The topological polar surface area (TPSA) is 81.6 Å². The molecule has 4 rings (SSSR count). The highest BCUT2D eigenvalue weighted by atomic mass is 16.5. The normalized spacial score (nSPS) is 15.8. The Balaban J connectivity index is 1.50. The Labute approximate surface area is 187 Å². The lowest BCUT2D eigenvalue weighted by Gasteiger charge is -2.32. The summed E-state index contributed by atoms with van der Waals surface area (Å²) in [5.41, 5.74) is 2.41. The zero-order valence-electron chi connectivity index (χ0n) is 18.2. The van der Waals surface area contributed by atoms with E-state index >= 15 is 0 Å². The molecule has 2 heterocycles. The molecular formula is C25H25N3O4. The first kappa shape index (κ1) is 21.5.